The average Bonchev–Trinajstić information content (AvgIpc) is 2.64. The molecule has 0 saturated carbocycles. The second-order valence-corrected chi connectivity index (χ2v) is 7.29. The third-order valence-corrected chi connectivity index (χ3v) is 4.89. The van der Waals surface area contributed by atoms with Gasteiger partial charge in [-0.05, 0) is 56.5 Å². The Labute approximate surface area is 165 Å². The summed E-state index contributed by atoms with van der Waals surface area (Å²) in [5, 5.41) is 6.11. The van der Waals surface area contributed by atoms with E-state index in [1.54, 1.807) is 26.0 Å². The maximum Gasteiger partial charge on any atom is 0.239 e. The summed E-state index contributed by atoms with van der Waals surface area (Å²) in [4.78, 5) is 25.4. The highest BCUT2D eigenvalue weighted by atomic mass is 35.5. The zero-order valence-electron chi connectivity index (χ0n) is 16.3. The van der Waals surface area contributed by atoms with E-state index in [0.717, 1.165) is 12.0 Å². The Hall–Kier alpha value is -2.53. The van der Waals surface area contributed by atoms with Gasteiger partial charge in [-0.3, -0.25) is 9.59 Å². The van der Waals surface area contributed by atoms with Gasteiger partial charge in [0.25, 0.3) is 0 Å². The first-order valence-electron chi connectivity index (χ1n) is 8.75. The summed E-state index contributed by atoms with van der Waals surface area (Å²) in [6.07, 6.45) is 0.921. The van der Waals surface area contributed by atoms with Crippen molar-refractivity contribution in [3.05, 3.63) is 52.5 Å². The van der Waals surface area contributed by atoms with Crippen molar-refractivity contribution in [3.8, 4) is 5.75 Å². The van der Waals surface area contributed by atoms with Crippen LogP contribution in [0.4, 0.5) is 11.4 Å². The number of nitrogens with one attached hydrogen (secondary N) is 2. The summed E-state index contributed by atoms with van der Waals surface area (Å²) in [6, 6.07) is 10.9. The molecule has 0 saturated heterocycles. The predicted molar refractivity (Wildman–Crippen MR) is 110 cm³/mol. The summed E-state index contributed by atoms with van der Waals surface area (Å²) in [7, 11) is 1.49. The number of rotatable bonds is 6. The van der Waals surface area contributed by atoms with Gasteiger partial charge in [0.05, 0.1) is 12.8 Å². The molecule has 144 valence electrons. The van der Waals surface area contributed by atoms with Crippen LogP contribution in [-0.4, -0.2) is 18.9 Å². The van der Waals surface area contributed by atoms with Crippen molar-refractivity contribution in [2.45, 2.75) is 34.1 Å². The number of halogens is 1. The van der Waals surface area contributed by atoms with Crippen molar-refractivity contribution >= 4 is 34.8 Å². The van der Waals surface area contributed by atoms with Gasteiger partial charge in [-0.2, -0.15) is 0 Å². The molecule has 27 heavy (non-hydrogen) atoms. The standard InChI is InChI=1S/C21H25ClN2O3/c1-6-14-7-9-15(10-8-14)23-19(25)21(3,4)20(26)24-17-11-13(2)16(22)12-18(17)27-5/h7-12H,6H2,1-5H3,(H,23,25)(H,24,26). The van der Waals surface area contributed by atoms with Gasteiger partial charge in [0.1, 0.15) is 11.2 Å². The maximum absolute atomic E-state index is 12.8. The number of anilines is 2. The van der Waals surface area contributed by atoms with E-state index in [0.29, 0.717) is 22.1 Å². The van der Waals surface area contributed by atoms with E-state index in [1.165, 1.54) is 12.7 Å². The Morgan fingerprint density at radius 2 is 1.67 bits per heavy atom. The third kappa shape index (κ3) is 4.80. The summed E-state index contributed by atoms with van der Waals surface area (Å²) in [5.74, 6) is -0.399. The van der Waals surface area contributed by atoms with Crippen molar-refractivity contribution in [2.75, 3.05) is 17.7 Å². The first kappa shape index (κ1) is 20.8. The molecule has 0 aliphatic rings. The van der Waals surface area contributed by atoms with Gasteiger partial charge < -0.3 is 15.4 Å². The predicted octanol–water partition coefficient (Wildman–Crippen LogP) is 4.82. The molecule has 2 amide bonds. The van der Waals surface area contributed by atoms with E-state index >= 15 is 0 Å². The highest BCUT2D eigenvalue weighted by Crippen LogP contribution is 2.32. The van der Waals surface area contributed by atoms with Crippen molar-refractivity contribution in [3.63, 3.8) is 0 Å². The zero-order chi connectivity index (χ0) is 20.2. The molecule has 0 atom stereocenters. The molecular weight excluding hydrogens is 364 g/mol. The van der Waals surface area contributed by atoms with Gasteiger partial charge in [0, 0.05) is 16.8 Å². The Bertz CT molecular complexity index is 845. The molecule has 0 radical (unpaired) electrons. The molecule has 0 heterocycles. The molecule has 0 fully saturated rings. The van der Waals surface area contributed by atoms with Crippen LogP contribution in [0.5, 0.6) is 5.75 Å². The van der Waals surface area contributed by atoms with Crippen molar-refractivity contribution < 1.29 is 14.3 Å². The first-order chi connectivity index (χ1) is 12.7. The van der Waals surface area contributed by atoms with Crippen LogP contribution in [0.2, 0.25) is 5.02 Å². The minimum absolute atomic E-state index is 0.395. The van der Waals surface area contributed by atoms with Gasteiger partial charge >= 0.3 is 0 Å². The number of carbonyl (C=O) groups is 2. The van der Waals surface area contributed by atoms with Crippen LogP contribution in [0.25, 0.3) is 0 Å². The fourth-order valence-electron chi connectivity index (χ4n) is 2.42. The van der Waals surface area contributed by atoms with Gasteiger partial charge in [-0.1, -0.05) is 30.7 Å². The lowest BCUT2D eigenvalue weighted by Crippen LogP contribution is -2.41. The number of ether oxygens (including phenoxy) is 1. The monoisotopic (exact) mass is 388 g/mol. The van der Waals surface area contributed by atoms with Crippen LogP contribution in [0.1, 0.15) is 31.9 Å². The number of benzene rings is 2. The Morgan fingerprint density at radius 3 is 2.22 bits per heavy atom. The number of carbonyl (C=O) groups excluding carboxylic acids is 2. The minimum atomic E-state index is -1.29. The van der Waals surface area contributed by atoms with Crippen LogP contribution in [-0.2, 0) is 16.0 Å². The third-order valence-electron chi connectivity index (χ3n) is 4.48. The second kappa shape index (κ2) is 8.44. The molecule has 6 heteroatoms. The van der Waals surface area contributed by atoms with Crippen LogP contribution >= 0.6 is 11.6 Å². The normalized spacial score (nSPS) is 11.0. The summed E-state index contributed by atoms with van der Waals surface area (Å²) >= 11 is 6.10. The first-order valence-corrected chi connectivity index (χ1v) is 9.12. The maximum atomic E-state index is 12.8. The molecule has 0 unspecified atom stereocenters. The van der Waals surface area contributed by atoms with Crippen molar-refractivity contribution in [1.29, 1.82) is 0 Å². The van der Waals surface area contributed by atoms with Gasteiger partial charge in [0.2, 0.25) is 11.8 Å². The zero-order valence-corrected chi connectivity index (χ0v) is 17.0. The average molecular weight is 389 g/mol. The lowest BCUT2D eigenvalue weighted by Gasteiger charge is -2.23. The highest BCUT2D eigenvalue weighted by Gasteiger charge is 2.36. The molecule has 2 N–H and O–H groups in total. The fourth-order valence-corrected chi connectivity index (χ4v) is 2.58. The summed E-state index contributed by atoms with van der Waals surface area (Å²) < 4.78 is 5.27. The number of aryl methyl sites for hydroxylation is 2. The molecule has 5 nitrogen and oxygen atoms in total. The van der Waals surface area contributed by atoms with Gasteiger partial charge in [-0.25, -0.2) is 0 Å². The smallest absolute Gasteiger partial charge is 0.239 e. The molecule has 0 bridgehead atoms. The molecular formula is C21H25ClN2O3. The van der Waals surface area contributed by atoms with Crippen molar-refractivity contribution in [1.82, 2.24) is 0 Å². The highest BCUT2D eigenvalue weighted by molar-refractivity contribution is 6.31. The van der Waals surface area contributed by atoms with Crippen molar-refractivity contribution in [2.24, 2.45) is 5.41 Å². The number of hydrogen-bond donors (Lipinski definition) is 2. The minimum Gasteiger partial charge on any atom is -0.495 e. The molecule has 0 aliphatic carbocycles. The summed E-state index contributed by atoms with van der Waals surface area (Å²) in [5.41, 5.74) is 1.80. The number of amides is 2. The molecule has 0 aliphatic heterocycles. The largest absolute Gasteiger partial charge is 0.495 e. The Kier molecular flexibility index (Phi) is 6.50. The van der Waals surface area contributed by atoms with E-state index in [2.05, 4.69) is 17.6 Å². The van der Waals surface area contributed by atoms with Crippen LogP contribution in [0.3, 0.4) is 0 Å². The van der Waals surface area contributed by atoms with E-state index in [1.807, 2.05) is 31.2 Å². The lowest BCUT2D eigenvalue weighted by molar-refractivity contribution is -0.135. The van der Waals surface area contributed by atoms with E-state index in [4.69, 9.17) is 16.3 Å². The summed E-state index contributed by atoms with van der Waals surface area (Å²) in [6.45, 7) is 7.05. The van der Waals surface area contributed by atoms with E-state index < -0.39 is 17.2 Å². The van der Waals surface area contributed by atoms with Crippen LogP contribution in [0, 0.1) is 12.3 Å². The lowest BCUT2D eigenvalue weighted by atomic mass is 9.90. The molecule has 0 aromatic heterocycles. The van der Waals surface area contributed by atoms with E-state index in [9.17, 15) is 9.59 Å². The van der Waals surface area contributed by atoms with Crippen LogP contribution < -0.4 is 15.4 Å². The molecule has 0 spiro atoms. The molecule has 2 aromatic rings. The fraction of sp³-hybridized carbons (Fsp3) is 0.333. The van der Waals surface area contributed by atoms with E-state index in [-0.39, 0.29) is 0 Å². The van der Waals surface area contributed by atoms with Crippen LogP contribution in [0.15, 0.2) is 36.4 Å². The molecule has 2 aromatic carbocycles. The topological polar surface area (TPSA) is 67.4 Å². The number of methoxy groups -OCH3 is 1. The SMILES string of the molecule is CCc1ccc(NC(=O)C(C)(C)C(=O)Nc2cc(C)c(Cl)cc2OC)cc1. The Balaban J connectivity index is 2.16. The second-order valence-electron chi connectivity index (χ2n) is 6.89. The quantitative estimate of drug-likeness (QED) is 0.697. The molecule has 2 rings (SSSR count). The van der Waals surface area contributed by atoms with Gasteiger partial charge in [-0.15, -0.1) is 0 Å². The number of hydrogen-bond acceptors (Lipinski definition) is 3. The Morgan fingerprint density at radius 1 is 1.07 bits per heavy atom. The van der Waals surface area contributed by atoms with Gasteiger partial charge in [0.15, 0.2) is 0 Å².